The van der Waals surface area contributed by atoms with E-state index in [0.29, 0.717) is 18.9 Å². The molecule has 2 N–H and O–H groups in total. The highest BCUT2D eigenvalue weighted by molar-refractivity contribution is 5.89. The second kappa shape index (κ2) is 6.37. The molecule has 3 atom stereocenters. The number of carbonyl (C=O) groups is 2. The fraction of sp³-hybridized carbons (Fsp3) is 0.857. The molecular formula is C14H24N2O3. The van der Waals surface area contributed by atoms with Gasteiger partial charge in [-0.05, 0) is 38.3 Å². The summed E-state index contributed by atoms with van der Waals surface area (Å²) in [5, 5.41) is 11.7. The number of nitrogens with one attached hydrogen (secondary N) is 1. The van der Waals surface area contributed by atoms with Crippen LogP contribution in [0, 0.1) is 17.8 Å². The number of carboxylic acid groups (broad SMARTS) is 1. The lowest BCUT2D eigenvalue weighted by Gasteiger charge is -2.29. The highest BCUT2D eigenvalue weighted by Crippen LogP contribution is 2.38. The Morgan fingerprint density at radius 1 is 1.26 bits per heavy atom. The van der Waals surface area contributed by atoms with Crippen LogP contribution < -0.4 is 5.32 Å². The molecule has 0 bridgehead atoms. The highest BCUT2D eigenvalue weighted by atomic mass is 16.4. The van der Waals surface area contributed by atoms with E-state index in [1.165, 1.54) is 32.4 Å². The number of carboxylic acids is 1. The lowest BCUT2D eigenvalue weighted by molar-refractivity contribution is -0.140. The fourth-order valence-corrected chi connectivity index (χ4v) is 2.81. The van der Waals surface area contributed by atoms with Crippen molar-refractivity contribution in [2.75, 3.05) is 26.2 Å². The van der Waals surface area contributed by atoms with E-state index >= 15 is 0 Å². The van der Waals surface area contributed by atoms with Gasteiger partial charge in [-0.2, -0.15) is 0 Å². The molecule has 19 heavy (non-hydrogen) atoms. The molecule has 2 rings (SSSR count). The first-order valence-electron chi connectivity index (χ1n) is 7.31. The van der Waals surface area contributed by atoms with E-state index in [4.69, 9.17) is 5.11 Å². The van der Waals surface area contributed by atoms with Gasteiger partial charge in [0.05, 0.1) is 11.8 Å². The van der Waals surface area contributed by atoms with Crippen LogP contribution in [0.4, 0.5) is 0 Å². The molecule has 1 unspecified atom stereocenters. The average Bonchev–Trinajstić information content (AvgIpc) is 3.17. The summed E-state index contributed by atoms with van der Waals surface area (Å²) in [5.41, 5.74) is 0. The second-order valence-corrected chi connectivity index (χ2v) is 6.00. The lowest BCUT2D eigenvalue weighted by atomic mass is 10.1. The smallest absolute Gasteiger partial charge is 0.307 e. The standard InChI is InChI=1S/C14H24N2O3/c1-10(9-16-5-3-2-4-6-16)8-15-13(17)11-7-12(11)14(18)19/h10-12H,2-9H2,1H3,(H,15,17)(H,18,19)/t10?,11-,12+/m1/s1. The molecule has 0 aromatic carbocycles. The third-order valence-corrected chi connectivity index (χ3v) is 4.09. The van der Waals surface area contributed by atoms with E-state index in [1.807, 2.05) is 0 Å². The lowest BCUT2D eigenvalue weighted by Crippen LogP contribution is -2.38. The maximum Gasteiger partial charge on any atom is 0.307 e. The first-order chi connectivity index (χ1) is 9.08. The number of nitrogens with zero attached hydrogens (tertiary/aromatic N) is 1. The van der Waals surface area contributed by atoms with Crippen molar-refractivity contribution >= 4 is 11.9 Å². The molecule has 5 heteroatoms. The molecule has 1 aliphatic carbocycles. The number of aliphatic carboxylic acids is 1. The van der Waals surface area contributed by atoms with Crippen molar-refractivity contribution in [3.05, 3.63) is 0 Å². The van der Waals surface area contributed by atoms with Crippen LogP contribution in [-0.4, -0.2) is 48.1 Å². The van der Waals surface area contributed by atoms with Crippen LogP contribution in [0.5, 0.6) is 0 Å². The first kappa shape index (κ1) is 14.3. The number of rotatable bonds is 6. The van der Waals surface area contributed by atoms with E-state index in [9.17, 15) is 9.59 Å². The Hall–Kier alpha value is -1.10. The number of piperidine rings is 1. The molecule has 5 nitrogen and oxygen atoms in total. The summed E-state index contributed by atoms with van der Waals surface area (Å²) < 4.78 is 0. The molecule has 108 valence electrons. The van der Waals surface area contributed by atoms with Gasteiger partial charge in [-0.3, -0.25) is 9.59 Å². The third-order valence-electron chi connectivity index (χ3n) is 4.09. The van der Waals surface area contributed by atoms with Crippen molar-refractivity contribution in [1.82, 2.24) is 10.2 Å². The van der Waals surface area contributed by atoms with Gasteiger partial charge < -0.3 is 15.3 Å². The SMILES string of the molecule is CC(CNC(=O)[C@@H]1C[C@@H]1C(=O)O)CN1CCCCC1. The van der Waals surface area contributed by atoms with E-state index in [-0.39, 0.29) is 11.8 Å². The maximum atomic E-state index is 11.7. The molecule has 2 aliphatic rings. The highest BCUT2D eigenvalue weighted by Gasteiger charge is 2.48. The molecule has 0 radical (unpaired) electrons. The minimum Gasteiger partial charge on any atom is -0.481 e. The summed E-state index contributed by atoms with van der Waals surface area (Å²) in [6.07, 6.45) is 4.39. The quantitative estimate of drug-likeness (QED) is 0.752. The largest absolute Gasteiger partial charge is 0.481 e. The molecule has 2 fully saturated rings. The zero-order valence-electron chi connectivity index (χ0n) is 11.6. The van der Waals surface area contributed by atoms with Gasteiger partial charge in [0, 0.05) is 13.1 Å². The van der Waals surface area contributed by atoms with Gasteiger partial charge in [-0.15, -0.1) is 0 Å². The van der Waals surface area contributed by atoms with Crippen LogP contribution in [-0.2, 0) is 9.59 Å². The summed E-state index contributed by atoms with van der Waals surface area (Å²) in [4.78, 5) is 24.9. The Bertz CT molecular complexity index is 340. The summed E-state index contributed by atoms with van der Waals surface area (Å²) in [5.74, 6) is -1.25. The van der Waals surface area contributed by atoms with Crippen LogP contribution in [0.15, 0.2) is 0 Å². The fourth-order valence-electron chi connectivity index (χ4n) is 2.81. The van der Waals surface area contributed by atoms with E-state index < -0.39 is 11.9 Å². The minimum atomic E-state index is -0.846. The Morgan fingerprint density at radius 3 is 2.53 bits per heavy atom. The summed E-state index contributed by atoms with van der Waals surface area (Å²) in [6.45, 7) is 6.14. The van der Waals surface area contributed by atoms with Gasteiger partial charge in [0.15, 0.2) is 0 Å². The van der Waals surface area contributed by atoms with Crippen LogP contribution in [0.1, 0.15) is 32.6 Å². The van der Waals surface area contributed by atoms with Crippen LogP contribution in [0.25, 0.3) is 0 Å². The molecular weight excluding hydrogens is 244 g/mol. The molecule has 0 aromatic rings. The Kier molecular flexibility index (Phi) is 4.80. The van der Waals surface area contributed by atoms with E-state index in [0.717, 1.165) is 6.54 Å². The van der Waals surface area contributed by atoms with Crippen molar-refractivity contribution in [2.45, 2.75) is 32.6 Å². The zero-order valence-corrected chi connectivity index (χ0v) is 11.6. The van der Waals surface area contributed by atoms with Crippen LogP contribution in [0.3, 0.4) is 0 Å². The number of amides is 1. The second-order valence-electron chi connectivity index (χ2n) is 6.00. The molecule has 1 saturated carbocycles. The van der Waals surface area contributed by atoms with Crippen LogP contribution >= 0.6 is 0 Å². The average molecular weight is 268 g/mol. The Morgan fingerprint density at radius 2 is 1.95 bits per heavy atom. The van der Waals surface area contributed by atoms with Crippen LogP contribution in [0.2, 0.25) is 0 Å². The first-order valence-corrected chi connectivity index (χ1v) is 7.31. The normalized spacial score (nSPS) is 28.7. The molecule has 0 spiro atoms. The minimum absolute atomic E-state index is 0.0853. The number of hydrogen-bond acceptors (Lipinski definition) is 3. The Labute approximate surface area is 114 Å². The number of hydrogen-bond donors (Lipinski definition) is 2. The van der Waals surface area contributed by atoms with Crippen molar-refractivity contribution in [3.8, 4) is 0 Å². The van der Waals surface area contributed by atoms with Gasteiger partial charge >= 0.3 is 5.97 Å². The molecule has 1 saturated heterocycles. The topological polar surface area (TPSA) is 69.6 Å². The van der Waals surface area contributed by atoms with Crippen molar-refractivity contribution in [3.63, 3.8) is 0 Å². The molecule has 0 aromatic heterocycles. The van der Waals surface area contributed by atoms with Gasteiger partial charge in [0.25, 0.3) is 0 Å². The van der Waals surface area contributed by atoms with Gasteiger partial charge in [0.1, 0.15) is 0 Å². The number of likely N-dealkylation sites (tertiary alicyclic amines) is 1. The maximum absolute atomic E-state index is 11.7. The monoisotopic (exact) mass is 268 g/mol. The predicted molar refractivity (Wildman–Crippen MR) is 71.7 cm³/mol. The van der Waals surface area contributed by atoms with Crippen molar-refractivity contribution in [1.29, 1.82) is 0 Å². The Balaban J connectivity index is 1.62. The van der Waals surface area contributed by atoms with Gasteiger partial charge in [-0.25, -0.2) is 0 Å². The molecule has 1 aliphatic heterocycles. The zero-order chi connectivity index (χ0) is 13.8. The van der Waals surface area contributed by atoms with Gasteiger partial charge in [0.2, 0.25) is 5.91 Å². The third kappa shape index (κ3) is 4.20. The van der Waals surface area contributed by atoms with Gasteiger partial charge in [-0.1, -0.05) is 13.3 Å². The van der Waals surface area contributed by atoms with E-state index in [2.05, 4.69) is 17.1 Å². The summed E-state index contributed by atoms with van der Waals surface area (Å²) in [7, 11) is 0. The molecule has 1 heterocycles. The molecule has 1 amide bonds. The summed E-state index contributed by atoms with van der Waals surface area (Å²) in [6, 6.07) is 0. The summed E-state index contributed by atoms with van der Waals surface area (Å²) >= 11 is 0. The van der Waals surface area contributed by atoms with Crippen molar-refractivity contribution < 1.29 is 14.7 Å². The predicted octanol–water partition coefficient (Wildman–Crippen LogP) is 0.945. The van der Waals surface area contributed by atoms with E-state index in [1.54, 1.807) is 0 Å². The number of carbonyl (C=O) groups excluding carboxylic acids is 1. The van der Waals surface area contributed by atoms with Crippen molar-refractivity contribution in [2.24, 2.45) is 17.8 Å².